The zero-order valence-corrected chi connectivity index (χ0v) is 14.8. The van der Waals surface area contributed by atoms with Gasteiger partial charge in [-0.1, -0.05) is 64.1 Å². The average molecular weight is 312 g/mol. The Morgan fingerprint density at radius 1 is 0.913 bits per heavy atom. The Morgan fingerprint density at radius 3 is 1.78 bits per heavy atom. The van der Waals surface area contributed by atoms with Gasteiger partial charge in [0.05, 0.1) is 13.7 Å². The van der Waals surface area contributed by atoms with Gasteiger partial charge in [-0.15, -0.1) is 0 Å². The summed E-state index contributed by atoms with van der Waals surface area (Å²) >= 11 is 0. The first kappa shape index (κ1) is 17.6. The molecular weight excluding hydrogens is 284 g/mol. The molecule has 1 unspecified atom stereocenters. The van der Waals surface area contributed by atoms with Crippen LogP contribution >= 0.6 is 0 Å². The molecule has 0 fully saturated rings. The number of rotatable bonds is 6. The van der Waals surface area contributed by atoms with E-state index >= 15 is 0 Å². The molecule has 2 heteroatoms. The van der Waals surface area contributed by atoms with Crippen molar-refractivity contribution < 1.29 is 9.84 Å². The fourth-order valence-electron chi connectivity index (χ4n) is 3.25. The lowest BCUT2D eigenvalue weighted by molar-refractivity contribution is 0.279. The van der Waals surface area contributed by atoms with Gasteiger partial charge >= 0.3 is 0 Å². The molecule has 0 spiro atoms. The molecule has 2 aromatic carbocycles. The van der Waals surface area contributed by atoms with E-state index in [4.69, 9.17) is 4.74 Å². The van der Waals surface area contributed by atoms with Gasteiger partial charge in [0.15, 0.2) is 0 Å². The predicted molar refractivity (Wildman–Crippen MR) is 95.8 cm³/mol. The molecular formula is C21H28O2. The monoisotopic (exact) mass is 312 g/mol. The SMILES string of the molecule is COc1ccc(C(C)(c2ccc(CO)cc2)[C@@H](C)C(C)C)cc1. The second-order valence-corrected chi connectivity index (χ2v) is 6.82. The Morgan fingerprint density at radius 2 is 1.39 bits per heavy atom. The first-order valence-corrected chi connectivity index (χ1v) is 8.28. The molecule has 0 aliphatic rings. The van der Waals surface area contributed by atoms with Gasteiger partial charge in [0.25, 0.3) is 0 Å². The molecule has 23 heavy (non-hydrogen) atoms. The van der Waals surface area contributed by atoms with Crippen LogP contribution in [-0.2, 0) is 12.0 Å². The average Bonchev–Trinajstić information content (AvgIpc) is 2.60. The van der Waals surface area contributed by atoms with Gasteiger partial charge in [-0.2, -0.15) is 0 Å². The van der Waals surface area contributed by atoms with Gasteiger partial charge in [0, 0.05) is 5.41 Å². The number of hydrogen-bond acceptors (Lipinski definition) is 2. The van der Waals surface area contributed by atoms with Gasteiger partial charge in [-0.05, 0) is 40.7 Å². The van der Waals surface area contributed by atoms with Crippen molar-refractivity contribution in [1.82, 2.24) is 0 Å². The predicted octanol–water partition coefficient (Wildman–Crippen LogP) is 4.79. The van der Waals surface area contributed by atoms with Crippen LogP contribution in [0.5, 0.6) is 5.75 Å². The molecule has 2 rings (SSSR count). The Labute approximate surface area is 140 Å². The first-order valence-electron chi connectivity index (χ1n) is 8.28. The van der Waals surface area contributed by atoms with Crippen molar-refractivity contribution in [3.05, 3.63) is 65.2 Å². The van der Waals surface area contributed by atoms with E-state index in [-0.39, 0.29) is 12.0 Å². The summed E-state index contributed by atoms with van der Waals surface area (Å²) in [6, 6.07) is 16.7. The molecule has 2 nitrogen and oxygen atoms in total. The summed E-state index contributed by atoms with van der Waals surface area (Å²) in [5.74, 6) is 1.90. The molecule has 0 heterocycles. The lowest BCUT2D eigenvalue weighted by Gasteiger charge is -2.39. The summed E-state index contributed by atoms with van der Waals surface area (Å²) in [6.45, 7) is 9.25. The number of aliphatic hydroxyl groups is 1. The first-order chi connectivity index (χ1) is 10.9. The smallest absolute Gasteiger partial charge is 0.118 e. The summed E-state index contributed by atoms with van der Waals surface area (Å²) in [6.07, 6.45) is 0. The highest BCUT2D eigenvalue weighted by atomic mass is 16.5. The minimum Gasteiger partial charge on any atom is -0.497 e. The second kappa shape index (κ2) is 7.18. The van der Waals surface area contributed by atoms with Crippen LogP contribution in [-0.4, -0.2) is 12.2 Å². The van der Waals surface area contributed by atoms with Gasteiger partial charge in [0.1, 0.15) is 5.75 Å². The van der Waals surface area contributed by atoms with E-state index in [0.29, 0.717) is 11.8 Å². The van der Waals surface area contributed by atoms with Crippen LogP contribution in [0, 0.1) is 11.8 Å². The van der Waals surface area contributed by atoms with Crippen molar-refractivity contribution in [2.75, 3.05) is 7.11 Å². The summed E-state index contributed by atoms with van der Waals surface area (Å²) < 4.78 is 5.30. The summed E-state index contributed by atoms with van der Waals surface area (Å²) in [4.78, 5) is 0. The van der Waals surface area contributed by atoms with Crippen molar-refractivity contribution in [3.8, 4) is 5.75 Å². The number of ether oxygens (including phenoxy) is 1. The van der Waals surface area contributed by atoms with E-state index in [9.17, 15) is 5.11 Å². The molecule has 0 aliphatic carbocycles. The van der Waals surface area contributed by atoms with Crippen LogP contribution in [0.2, 0.25) is 0 Å². The van der Waals surface area contributed by atoms with E-state index in [1.165, 1.54) is 11.1 Å². The standard InChI is InChI=1S/C21H28O2/c1-15(2)16(3)21(4,18-8-6-17(14-22)7-9-18)19-10-12-20(23-5)13-11-19/h6-13,15-16,22H,14H2,1-5H3/t16-,21?/m0/s1. The van der Waals surface area contributed by atoms with Crippen LogP contribution in [0.25, 0.3) is 0 Å². The van der Waals surface area contributed by atoms with Gasteiger partial charge < -0.3 is 9.84 Å². The maximum absolute atomic E-state index is 9.29. The third-order valence-corrected chi connectivity index (χ3v) is 5.34. The quantitative estimate of drug-likeness (QED) is 0.831. The zero-order chi connectivity index (χ0) is 17.0. The van der Waals surface area contributed by atoms with Crippen molar-refractivity contribution in [3.63, 3.8) is 0 Å². The number of benzene rings is 2. The minimum atomic E-state index is -0.0889. The molecule has 0 aromatic heterocycles. The number of hydrogen-bond donors (Lipinski definition) is 1. The highest BCUT2D eigenvalue weighted by Gasteiger charge is 2.36. The van der Waals surface area contributed by atoms with Crippen LogP contribution in [0.4, 0.5) is 0 Å². The highest BCUT2D eigenvalue weighted by Crippen LogP contribution is 2.42. The Balaban J connectivity index is 2.53. The molecule has 0 saturated heterocycles. The molecule has 2 aromatic rings. The third-order valence-electron chi connectivity index (χ3n) is 5.34. The van der Waals surface area contributed by atoms with Crippen LogP contribution in [0.3, 0.4) is 0 Å². The molecule has 0 radical (unpaired) electrons. The molecule has 0 saturated carbocycles. The highest BCUT2D eigenvalue weighted by molar-refractivity contribution is 5.42. The molecule has 2 atom stereocenters. The fraction of sp³-hybridized carbons (Fsp3) is 0.429. The van der Waals surface area contributed by atoms with Crippen LogP contribution in [0.1, 0.15) is 44.4 Å². The lowest BCUT2D eigenvalue weighted by atomic mass is 9.64. The lowest BCUT2D eigenvalue weighted by Crippen LogP contribution is -2.34. The topological polar surface area (TPSA) is 29.5 Å². The van der Waals surface area contributed by atoms with Gasteiger partial charge in [-0.3, -0.25) is 0 Å². The Hall–Kier alpha value is -1.80. The van der Waals surface area contributed by atoms with Gasteiger partial charge in [0.2, 0.25) is 0 Å². The van der Waals surface area contributed by atoms with E-state index in [2.05, 4.69) is 52.0 Å². The number of methoxy groups -OCH3 is 1. The van der Waals surface area contributed by atoms with E-state index in [1.54, 1.807) is 7.11 Å². The van der Waals surface area contributed by atoms with E-state index < -0.39 is 0 Å². The number of aliphatic hydroxyl groups excluding tert-OH is 1. The Bertz CT molecular complexity index is 564. The third kappa shape index (κ3) is 3.42. The van der Waals surface area contributed by atoms with Gasteiger partial charge in [-0.25, -0.2) is 0 Å². The molecule has 0 bridgehead atoms. The van der Waals surface area contributed by atoms with Crippen molar-refractivity contribution in [2.45, 2.75) is 39.7 Å². The minimum absolute atomic E-state index is 0.0826. The summed E-state index contributed by atoms with van der Waals surface area (Å²) in [7, 11) is 1.69. The maximum Gasteiger partial charge on any atom is 0.118 e. The fourth-order valence-corrected chi connectivity index (χ4v) is 3.25. The molecule has 1 N–H and O–H groups in total. The molecule has 0 aliphatic heterocycles. The van der Waals surface area contributed by atoms with Crippen LogP contribution in [0.15, 0.2) is 48.5 Å². The molecule has 124 valence electrons. The maximum atomic E-state index is 9.29. The second-order valence-electron chi connectivity index (χ2n) is 6.82. The van der Waals surface area contributed by atoms with E-state index in [0.717, 1.165) is 11.3 Å². The van der Waals surface area contributed by atoms with E-state index in [1.807, 2.05) is 24.3 Å². The van der Waals surface area contributed by atoms with Crippen molar-refractivity contribution in [1.29, 1.82) is 0 Å². The summed E-state index contributed by atoms with van der Waals surface area (Å²) in [5.41, 5.74) is 3.43. The zero-order valence-electron chi connectivity index (χ0n) is 14.8. The van der Waals surface area contributed by atoms with Crippen molar-refractivity contribution in [2.24, 2.45) is 11.8 Å². The molecule has 0 amide bonds. The Kier molecular flexibility index (Phi) is 5.48. The largest absolute Gasteiger partial charge is 0.497 e. The van der Waals surface area contributed by atoms with Crippen LogP contribution < -0.4 is 4.74 Å². The normalized spacial score (nSPS) is 15.3. The summed E-state index contributed by atoms with van der Waals surface area (Å²) in [5, 5.41) is 9.29. The van der Waals surface area contributed by atoms with Crippen molar-refractivity contribution >= 4 is 0 Å².